The standard InChI is InChI=1S/C20H32B2O4/c1-17(2)12-7-13(17)16-19(5,10-12)25-22(24-16)21-23-15-9-11-8-14(18(11,3)4)20(15,6)26-21/h11-16H,7-10H2,1-6H3/t11-,12-,13+,14+,15-,16+,19+,20+/m0/s1. The van der Waals surface area contributed by atoms with Gasteiger partial charge in [-0.15, -0.1) is 0 Å². The van der Waals surface area contributed by atoms with Gasteiger partial charge in [0.05, 0.1) is 23.4 Å². The highest BCUT2D eigenvalue weighted by molar-refractivity contribution is 7.11. The van der Waals surface area contributed by atoms with Gasteiger partial charge in [-0.1, -0.05) is 27.7 Å². The molecule has 4 bridgehead atoms. The van der Waals surface area contributed by atoms with Crippen LogP contribution in [0.25, 0.3) is 0 Å². The van der Waals surface area contributed by atoms with Crippen LogP contribution in [-0.2, 0) is 18.6 Å². The molecule has 142 valence electrons. The van der Waals surface area contributed by atoms with Crippen LogP contribution in [0.4, 0.5) is 0 Å². The number of hydrogen-bond acceptors (Lipinski definition) is 4. The van der Waals surface area contributed by atoms with Crippen molar-refractivity contribution in [2.45, 2.75) is 90.6 Å². The summed E-state index contributed by atoms with van der Waals surface area (Å²) in [6.45, 7) is 14.1. The fourth-order valence-electron chi connectivity index (χ4n) is 7.87. The Hall–Kier alpha value is -0.0301. The maximum Gasteiger partial charge on any atom is 0.488 e. The first-order valence-electron chi connectivity index (χ1n) is 10.7. The van der Waals surface area contributed by atoms with Gasteiger partial charge in [0.1, 0.15) is 0 Å². The molecule has 8 rings (SSSR count). The first-order chi connectivity index (χ1) is 12.1. The van der Waals surface area contributed by atoms with Crippen LogP contribution in [0.15, 0.2) is 0 Å². The van der Waals surface area contributed by atoms with Gasteiger partial charge in [0.25, 0.3) is 0 Å². The van der Waals surface area contributed by atoms with Crippen molar-refractivity contribution in [3.8, 4) is 0 Å². The minimum atomic E-state index is -0.372. The Balaban J connectivity index is 1.23. The van der Waals surface area contributed by atoms with Crippen LogP contribution in [-0.4, -0.2) is 37.4 Å². The van der Waals surface area contributed by atoms with Crippen molar-refractivity contribution in [1.82, 2.24) is 0 Å². The molecular weight excluding hydrogens is 326 g/mol. The summed E-state index contributed by atoms with van der Waals surface area (Å²) < 4.78 is 26.1. The van der Waals surface area contributed by atoms with Crippen molar-refractivity contribution < 1.29 is 18.6 Å². The first-order valence-corrected chi connectivity index (χ1v) is 10.7. The lowest BCUT2D eigenvalue weighted by Crippen LogP contribution is -2.65. The van der Waals surface area contributed by atoms with E-state index in [1.807, 2.05) is 0 Å². The summed E-state index contributed by atoms with van der Waals surface area (Å²) >= 11 is 0. The van der Waals surface area contributed by atoms with Crippen LogP contribution in [0.2, 0.25) is 0 Å². The van der Waals surface area contributed by atoms with E-state index in [1.54, 1.807) is 0 Å². The molecule has 0 N–H and O–H groups in total. The summed E-state index contributed by atoms with van der Waals surface area (Å²) in [5.74, 6) is 2.71. The third-order valence-electron chi connectivity index (χ3n) is 10.0. The van der Waals surface area contributed by atoms with E-state index in [1.165, 1.54) is 12.8 Å². The SMILES string of the molecule is CC1(C)[C@H]2C[C@@H]1[C@H]1OB(B3O[C@H]4C[C@@H]5C[C@H](C5(C)C)[C@@]4(C)O3)O[C@]1(C)C2. The molecule has 0 aromatic rings. The van der Waals surface area contributed by atoms with Crippen LogP contribution in [0.5, 0.6) is 0 Å². The number of hydrogen-bond donors (Lipinski definition) is 0. The monoisotopic (exact) mass is 358 g/mol. The molecule has 8 aliphatic rings. The summed E-state index contributed by atoms with van der Waals surface area (Å²) in [7, 11) is -0.745. The van der Waals surface area contributed by atoms with Crippen molar-refractivity contribution in [1.29, 1.82) is 0 Å². The molecule has 2 heterocycles. The first kappa shape index (κ1) is 16.9. The third-order valence-corrected chi connectivity index (χ3v) is 10.0. The molecule has 6 saturated carbocycles. The van der Waals surface area contributed by atoms with Gasteiger partial charge in [-0.3, -0.25) is 0 Å². The van der Waals surface area contributed by atoms with Gasteiger partial charge in [-0.05, 0) is 74.0 Å². The molecule has 0 amide bonds. The molecule has 0 unspecified atom stereocenters. The van der Waals surface area contributed by atoms with Crippen LogP contribution in [0.3, 0.4) is 0 Å². The predicted octanol–water partition coefficient (Wildman–Crippen LogP) is 3.52. The second kappa shape index (κ2) is 4.58. The highest BCUT2D eigenvalue weighted by Crippen LogP contribution is 2.67. The van der Waals surface area contributed by atoms with Crippen molar-refractivity contribution in [2.24, 2.45) is 34.5 Å². The van der Waals surface area contributed by atoms with Crippen LogP contribution >= 0.6 is 0 Å². The number of rotatable bonds is 1. The second-order valence-electron chi connectivity index (χ2n) is 11.8. The van der Waals surface area contributed by atoms with Gasteiger partial charge in [-0.2, -0.15) is 0 Å². The largest absolute Gasteiger partial charge is 0.488 e. The van der Waals surface area contributed by atoms with Crippen molar-refractivity contribution in [3.05, 3.63) is 0 Å². The minimum Gasteiger partial charge on any atom is -0.407 e. The average Bonchev–Trinajstić information content (AvgIpc) is 3.09. The quantitative estimate of drug-likeness (QED) is 0.673. The summed E-state index contributed by atoms with van der Waals surface area (Å²) in [5, 5.41) is 0. The zero-order valence-corrected chi connectivity index (χ0v) is 17.1. The Morgan fingerprint density at radius 2 is 1.50 bits per heavy atom. The van der Waals surface area contributed by atoms with Crippen LogP contribution in [0.1, 0.15) is 67.2 Å². The lowest BCUT2D eigenvalue weighted by molar-refractivity contribution is -0.199. The van der Waals surface area contributed by atoms with Crippen molar-refractivity contribution >= 4 is 14.0 Å². The Bertz CT molecular complexity index is 668. The molecule has 2 aliphatic heterocycles. The summed E-state index contributed by atoms with van der Waals surface area (Å²) in [5.41, 5.74) is 0.388. The van der Waals surface area contributed by atoms with Crippen molar-refractivity contribution in [2.75, 3.05) is 0 Å². The second-order valence-corrected chi connectivity index (χ2v) is 11.8. The molecule has 0 radical (unpaired) electrons. The Labute approximate surface area is 158 Å². The molecule has 26 heavy (non-hydrogen) atoms. The molecule has 0 spiro atoms. The molecule has 4 nitrogen and oxygen atoms in total. The van der Waals surface area contributed by atoms with E-state index >= 15 is 0 Å². The fraction of sp³-hybridized carbons (Fsp3) is 1.00. The van der Waals surface area contributed by atoms with E-state index < -0.39 is 0 Å². The molecule has 8 fully saturated rings. The molecule has 0 aromatic carbocycles. The zero-order valence-electron chi connectivity index (χ0n) is 17.1. The average molecular weight is 358 g/mol. The van der Waals surface area contributed by atoms with E-state index in [0.29, 0.717) is 22.7 Å². The van der Waals surface area contributed by atoms with Gasteiger partial charge < -0.3 is 18.6 Å². The van der Waals surface area contributed by atoms with Gasteiger partial charge in [-0.25, -0.2) is 0 Å². The summed E-state index contributed by atoms with van der Waals surface area (Å²) in [4.78, 5) is 0. The maximum absolute atomic E-state index is 6.60. The topological polar surface area (TPSA) is 36.9 Å². The molecule has 0 aromatic heterocycles. The fourth-order valence-corrected chi connectivity index (χ4v) is 7.87. The molecule has 6 heteroatoms. The summed E-state index contributed by atoms with van der Waals surface area (Å²) in [6, 6.07) is 0. The molecular formula is C20H32B2O4. The maximum atomic E-state index is 6.60. The molecule has 8 atom stereocenters. The van der Waals surface area contributed by atoms with Crippen molar-refractivity contribution in [3.63, 3.8) is 0 Å². The minimum absolute atomic E-state index is 0.170. The van der Waals surface area contributed by atoms with E-state index in [0.717, 1.165) is 24.7 Å². The van der Waals surface area contributed by atoms with Gasteiger partial charge >= 0.3 is 14.0 Å². The smallest absolute Gasteiger partial charge is 0.407 e. The highest BCUT2D eigenvalue weighted by atomic mass is 16.7. The van der Waals surface area contributed by atoms with Gasteiger partial charge in [0.2, 0.25) is 0 Å². The van der Waals surface area contributed by atoms with Gasteiger partial charge in [0.15, 0.2) is 0 Å². The third kappa shape index (κ3) is 1.75. The van der Waals surface area contributed by atoms with E-state index in [9.17, 15) is 0 Å². The normalized spacial score (nSPS) is 57.9. The Morgan fingerprint density at radius 1 is 0.769 bits per heavy atom. The highest BCUT2D eigenvalue weighted by Gasteiger charge is 2.73. The Morgan fingerprint density at radius 3 is 2.19 bits per heavy atom. The van der Waals surface area contributed by atoms with Crippen LogP contribution < -0.4 is 0 Å². The van der Waals surface area contributed by atoms with Crippen LogP contribution in [0, 0.1) is 34.5 Å². The lowest BCUT2D eigenvalue weighted by atomic mass is 9.43. The molecule has 2 saturated heterocycles. The summed E-state index contributed by atoms with van der Waals surface area (Å²) in [6.07, 6.45) is 5.15. The van der Waals surface area contributed by atoms with E-state index in [2.05, 4.69) is 41.5 Å². The predicted molar refractivity (Wildman–Crippen MR) is 100 cm³/mol. The zero-order chi connectivity index (χ0) is 18.3. The van der Waals surface area contributed by atoms with Gasteiger partial charge in [0, 0.05) is 0 Å². The lowest BCUT2D eigenvalue weighted by Gasteiger charge is -2.64. The van der Waals surface area contributed by atoms with E-state index in [4.69, 9.17) is 18.6 Å². The van der Waals surface area contributed by atoms with E-state index in [-0.39, 0.29) is 37.4 Å². The molecule has 6 aliphatic carbocycles. The Kier molecular flexibility index (Phi) is 2.97.